The molecule has 1 aromatic carbocycles. The molecule has 0 aliphatic heterocycles. The fourth-order valence-electron chi connectivity index (χ4n) is 1.02. The fourth-order valence-corrected chi connectivity index (χ4v) is 2.01. The lowest BCUT2D eigenvalue weighted by Crippen LogP contribution is -2.16. The van der Waals surface area contributed by atoms with Gasteiger partial charge in [-0.25, -0.2) is 9.18 Å². The molecular weight excluding hydrogens is 306 g/mol. The van der Waals surface area contributed by atoms with Crippen molar-refractivity contribution in [1.82, 2.24) is 0 Å². The Morgan fingerprint density at radius 3 is 2.50 bits per heavy atom. The Morgan fingerprint density at radius 1 is 1.39 bits per heavy atom. The minimum absolute atomic E-state index is 0.0915. The molecule has 1 rings (SSSR count). The third-order valence-electron chi connectivity index (χ3n) is 1.75. The molecule has 0 saturated heterocycles. The van der Waals surface area contributed by atoms with Crippen LogP contribution in [0.4, 0.5) is 4.39 Å². The zero-order valence-corrected chi connectivity index (χ0v) is 11.1. The van der Waals surface area contributed by atoms with E-state index < -0.39 is 33.2 Å². The maximum atomic E-state index is 13.4. The molecule has 1 aromatic rings. The molecule has 0 heterocycles. The Morgan fingerprint density at radius 2 is 1.94 bits per heavy atom. The van der Waals surface area contributed by atoms with Crippen LogP contribution in [0.1, 0.15) is 10.4 Å². The molecule has 0 atom stereocenters. The summed E-state index contributed by atoms with van der Waals surface area (Å²) in [5.74, 6) is -2.96. The number of hydrogen-bond acceptors (Lipinski definition) is 4. The molecule has 0 aliphatic rings. The number of carbonyl (C=O) groups is 1. The van der Waals surface area contributed by atoms with Gasteiger partial charge in [0.15, 0.2) is 0 Å². The van der Waals surface area contributed by atoms with Gasteiger partial charge < -0.3 is 4.18 Å². The van der Waals surface area contributed by atoms with E-state index in [0.29, 0.717) is 0 Å². The van der Waals surface area contributed by atoms with Crippen LogP contribution in [0.5, 0.6) is 0 Å². The van der Waals surface area contributed by atoms with Crippen LogP contribution in [0.15, 0.2) is 24.8 Å². The van der Waals surface area contributed by atoms with Crippen LogP contribution < -0.4 is 0 Å². The summed E-state index contributed by atoms with van der Waals surface area (Å²) in [6.45, 7) is 3.19. The van der Waals surface area contributed by atoms with Crippen molar-refractivity contribution in [2.75, 3.05) is 5.75 Å². The third kappa shape index (κ3) is 3.69. The highest BCUT2D eigenvalue weighted by atomic mass is 35.5. The summed E-state index contributed by atoms with van der Waals surface area (Å²) in [5.41, 5.74) is -0.614. The second-order valence-electron chi connectivity index (χ2n) is 3.13. The van der Waals surface area contributed by atoms with Crippen molar-refractivity contribution in [2.24, 2.45) is 0 Å². The summed E-state index contributed by atoms with van der Waals surface area (Å²) in [7, 11) is -4.13. The van der Waals surface area contributed by atoms with Gasteiger partial charge in [-0.15, -0.1) is 6.58 Å². The first-order valence-electron chi connectivity index (χ1n) is 4.49. The molecule has 0 bridgehead atoms. The topological polar surface area (TPSA) is 60.4 Å². The van der Waals surface area contributed by atoms with Gasteiger partial charge in [0.1, 0.15) is 11.6 Å². The van der Waals surface area contributed by atoms with Crippen molar-refractivity contribution in [2.45, 2.75) is 0 Å². The number of carbonyl (C=O) groups excluding carboxylic acids is 1. The Kier molecular flexibility index (Phi) is 4.72. The normalized spacial score (nSPS) is 11.1. The van der Waals surface area contributed by atoms with Crippen LogP contribution in [0, 0.1) is 5.82 Å². The van der Waals surface area contributed by atoms with Gasteiger partial charge in [-0.05, 0) is 12.1 Å². The average Bonchev–Trinajstić information content (AvgIpc) is 2.22. The molecule has 0 spiro atoms. The Labute approximate surface area is 113 Å². The summed E-state index contributed by atoms with van der Waals surface area (Å²) >= 11 is 11.1. The average molecular weight is 313 g/mol. The molecule has 8 heteroatoms. The lowest BCUT2D eigenvalue weighted by molar-refractivity contribution is 0.0743. The van der Waals surface area contributed by atoms with E-state index in [4.69, 9.17) is 23.2 Å². The van der Waals surface area contributed by atoms with Gasteiger partial charge >= 0.3 is 16.1 Å². The molecular formula is C10H7Cl2FO4S. The first kappa shape index (κ1) is 14.9. The second-order valence-corrected chi connectivity index (χ2v) is 5.56. The molecule has 0 aromatic heterocycles. The molecule has 0 fully saturated rings. The Bertz CT molecular complexity index is 598. The van der Waals surface area contributed by atoms with Crippen LogP contribution >= 0.6 is 23.2 Å². The van der Waals surface area contributed by atoms with Gasteiger partial charge in [0, 0.05) is 0 Å². The standard InChI is InChI=1S/C10H7Cl2FO4S/c1-2-3-18(15,16)17-10(14)6-4-7(11)8(12)5-9(6)13/h2,4-5H,1,3H2. The number of benzene rings is 1. The van der Waals surface area contributed by atoms with Crippen molar-refractivity contribution in [3.8, 4) is 0 Å². The summed E-state index contributed by atoms with van der Waals surface area (Å²) in [6, 6.07) is 1.69. The first-order chi connectivity index (χ1) is 8.26. The summed E-state index contributed by atoms with van der Waals surface area (Å²) in [5, 5.41) is -0.189. The molecule has 0 N–H and O–H groups in total. The molecule has 98 valence electrons. The van der Waals surface area contributed by atoms with Gasteiger partial charge in [-0.2, -0.15) is 8.42 Å². The van der Waals surface area contributed by atoms with Crippen LogP contribution in [-0.4, -0.2) is 20.1 Å². The Balaban J connectivity index is 3.06. The number of hydrogen-bond donors (Lipinski definition) is 0. The molecule has 0 radical (unpaired) electrons. The Hall–Kier alpha value is -1.11. The monoisotopic (exact) mass is 312 g/mol. The SMILES string of the molecule is C=CCS(=O)(=O)OC(=O)c1cc(Cl)c(Cl)cc1F. The van der Waals surface area contributed by atoms with E-state index in [2.05, 4.69) is 10.8 Å². The maximum absolute atomic E-state index is 13.4. The first-order valence-corrected chi connectivity index (χ1v) is 6.82. The zero-order valence-electron chi connectivity index (χ0n) is 8.82. The fraction of sp³-hybridized carbons (Fsp3) is 0.100. The van der Waals surface area contributed by atoms with Gasteiger partial charge in [0.2, 0.25) is 0 Å². The van der Waals surface area contributed by atoms with Gasteiger partial charge in [-0.1, -0.05) is 29.3 Å². The van der Waals surface area contributed by atoms with Gasteiger partial charge in [-0.3, -0.25) is 0 Å². The van der Waals surface area contributed by atoms with Crippen molar-refractivity contribution >= 4 is 39.3 Å². The third-order valence-corrected chi connectivity index (χ3v) is 3.53. The van der Waals surface area contributed by atoms with Crippen LogP contribution in [0.3, 0.4) is 0 Å². The smallest absolute Gasteiger partial charge is 0.341 e. The lowest BCUT2D eigenvalue weighted by Gasteiger charge is -2.05. The largest absolute Gasteiger partial charge is 0.356 e. The summed E-state index contributed by atoms with van der Waals surface area (Å²) in [6.07, 6.45) is 1.04. The van der Waals surface area contributed by atoms with Crippen molar-refractivity contribution in [3.05, 3.63) is 46.2 Å². The van der Waals surface area contributed by atoms with E-state index in [1.807, 2.05) is 0 Å². The quantitative estimate of drug-likeness (QED) is 0.487. The highest BCUT2D eigenvalue weighted by molar-refractivity contribution is 7.87. The predicted octanol–water partition coefficient (Wildman–Crippen LogP) is 2.81. The maximum Gasteiger partial charge on any atom is 0.356 e. The van der Waals surface area contributed by atoms with E-state index in [1.54, 1.807) is 0 Å². The highest BCUT2D eigenvalue weighted by Gasteiger charge is 2.21. The second kappa shape index (κ2) is 5.69. The van der Waals surface area contributed by atoms with E-state index in [1.165, 1.54) is 0 Å². The van der Waals surface area contributed by atoms with Crippen LogP contribution in [-0.2, 0) is 14.3 Å². The van der Waals surface area contributed by atoms with E-state index in [-0.39, 0.29) is 10.0 Å². The molecule has 18 heavy (non-hydrogen) atoms. The predicted molar refractivity (Wildman–Crippen MR) is 65.8 cm³/mol. The molecule has 0 saturated carbocycles. The molecule has 0 amide bonds. The van der Waals surface area contributed by atoms with Crippen molar-refractivity contribution in [3.63, 3.8) is 0 Å². The van der Waals surface area contributed by atoms with Gasteiger partial charge in [0.05, 0.1) is 15.6 Å². The van der Waals surface area contributed by atoms with Crippen LogP contribution in [0.2, 0.25) is 10.0 Å². The van der Waals surface area contributed by atoms with E-state index >= 15 is 0 Å². The minimum Gasteiger partial charge on any atom is -0.341 e. The van der Waals surface area contributed by atoms with Crippen molar-refractivity contribution < 1.29 is 21.8 Å². The summed E-state index contributed by atoms with van der Waals surface area (Å²) in [4.78, 5) is 11.4. The highest BCUT2D eigenvalue weighted by Crippen LogP contribution is 2.25. The van der Waals surface area contributed by atoms with Gasteiger partial charge in [0.25, 0.3) is 0 Å². The molecule has 0 aliphatic carbocycles. The number of halogens is 3. The van der Waals surface area contributed by atoms with Crippen LogP contribution in [0.25, 0.3) is 0 Å². The molecule has 0 unspecified atom stereocenters. The number of rotatable bonds is 4. The zero-order chi connectivity index (χ0) is 13.9. The van der Waals surface area contributed by atoms with E-state index in [0.717, 1.165) is 18.2 Å². The minimum atomic E-state index is -4.13. The van der Waals surface area contributed by atoms with Crippen molar-refractivity contribution in [1.29, 1.82) is 0 Å². The molecule has 4 nitrogen and oxygen atoms in total. The van der Waals surface area contributed by atoms with E-state index in [9.17, 15) is 17.6 Å². The lowest BCUT2D eigenvalue weighted by atomic mass is 10.2. The summed E-state index contributed by atoms with van der Waals surface area (Å²) < 4.78 is 39.9.